The number of nitrogens with zero attached hydrogens (tertiary/aromatic N) is 3. The normalized spacial score (nSPS) is 37.6. The molecule has 0 aromatic carbocycles. The Kier molecular flexibility index (Phi) is 1.94. The monoisotopic (exact) mass is 183 g/mol. The smallest absolute Gasteiger partial charge is 0.306 e. The molecule has 1 N–H and O–H groups in total. The van der Waals surface area contributed by atoms with Crippen molar-refractivity contribution < 1.29 is 9.90 Å². The summed E-state index contributed by atoms with van der Waals surface area (Å²) in [6.07, 6.45) is 2.28. The molecule has 0 bridgehead atoms. The number of rotatable bonds is 1. The van der Waals surface area contributed by atoms with Gasteiger partial charge in [0, 0.05) is 7.05 Å². The van der Waals surface area contributed by atoms with Crippen molar-refractivity contribution in [2.24, 2.45) is 16.3 Å². The van der Waals surface area contributed by atoms with Gasteiger partial charge < -0.3 is 5.11 Å². The van der Waals surface area contributed by atoms with Gasteiger partial charge in [-0.15, -0.1) is 0 Å². The van der Waals surface area contributed by atoms with E-state index in [-0.39, 0.29) is 18.0 Å². The highest BCUT2D eigenvalue weighted by molar-refractivity contribution is 5.70. The third kappa shape index (κ3) is 1.38. The second-order valence-electron chi connectivity index (χ2n) is 3.76. The number of carboxylic acids is 1. The third-order valence-corrected chi connectivity index (χ3v) is 2.95. The lowest BCUT2D eigenvalue weighted by Crippen LogP contribution is -2.40. The highest BCUT2D eigenvalue weighted by Gasteiger charge is 2.38. The molecule has 0 aromatic rings. The van der Waals surface area contributed by atoms with Crippen LogP contribution in [0.4, 0.5) is 0 Å². The van der Waals surface area contributed by atoms with Crippen LogP contribution >= 0.6 is 0 Å². The molecule has 1 heterocycles. The highest BCUT2D eigenvalue weighted by Crippen LogP contribution is 2.33. The van der Waals surface area contributed by atoms with E-state index in [1.165, 1.54) is 0 Å². The van der Waals surface area contributed by atoms with E-state index in [2.05, 4.69) is 10.3 Å². The second-order valence-corrected chi connectivity index (χ2v) is 3.76. The average Bonchev–Trinajstić information content (AvgIpc) is 2.47. The fourth-order valence-electron chi connectivity index (χ4n) is 2.11. The Morgan fingerprint density at radius 1 is 1.54 bits per heavy atom. The minimum absolute atomic E-state index is 0.202. The molecule has 5 heteroatoms. The second kappa shape index (κ2) is 2.97. The van der Waals surface area contributed by atoms with Crippen molar-refractivity contribution in [2.75, 3.05) is 7.05 Å². The van der Waals surface area contributed by atoms with E-state index < -0.39 is 5.97 Å². The van der Waals surface area contributed by atoms with Crippen LogP contribution in [0.25, 0.3) is 0 Å². The van der Waals surface area contributed by atoms with Crippen molar-refractivity contribution in [3.8, 4) is 0 Å². The van der Waals surface area contributed by atoms with Gasteiger partial charge in [-0.05, 0) is 19.3 Å². The number of likely N-dealkylation sites (N-methyl/N-ethyl adjacent to an activating group) is 1. The quantitative estimate of drug-likeness (QED) is 0.657. The van der Waals surface area contributed by atoms with Gasteiger partial charge in [-0.25, -0.2) is 0 Å². The molecule has 0 aromatic heterocycles. The Bertz CT molecular complexity index is 254. The van der Waals surface area contributed by atoms with Gasteiger partial charge >= 0.3 is 5.97 Å². The number of carboxylic acid groups (broad SMARTS) is 1. The van der Waals surface area contributed by atoms with Gasteiger partial charge in [0.25, 0.3) is 0 Å². The summed E-state index contributed by atoms with van der Waals surface area (Å²) in [4.78, 5) is 10.8. The lowest BCUT2D eigenvalue weighted by atomic mass is 9.83. The van der Waals surface area contributed by atoms with Gasteiger partial charge in [-0.3, -0.25) is 9.80 Å². The van der Waals surface area contributed by atoms with Gasteiger partial charge in [0.1, 0.15) is 0 Å². The summed E-state index contributed by atoms with van der Waals surface area (Å²) < 4.78 is 0. The van der Waals surface area contributed by atoms with Gasteiger partial charge in [0.05, 0.1) is 18.0 Å². The zero-order valence-corrected chi connectivity index (χ0v) is 7.55. The number of hydrogen-bond acceptors (Lipinski definition) is 4. The summed E-state index contributed by atoms with van der Waals surface area (Å²) in [7, 11) is 1.86. The fourth-order valence-corrected chi connectivity index (χ4v) is 2.11. The molecule has 0 spiro atoms. The molecule has 0 amide bonds. The van der Waals surface area contributed by atoms with Crippen molar-refractivity contribution in [1.29, 1.82) is 0 Å². The topological polar surface area (TPSA) is 65.3 Å². The van der Waals surface area contributed by atoms with Crippen LogP contribution in [0.1, 0.15) is 19.3 Å². The first-order valence-electron chi connectivity index (χ1n) is 4.55. The molecule has 2 rings (SSSR count). The van der Waals surface area contributed by atoms with Gasteiger partial charge in [-0.1, -0.05) is 5.22 Å². The molecule has 5 nitrogen and oxygen atoms in total. The molecular weight excluding hydrogens is 170 g/mol. The lowest BCUT2D eigenvalue weighted by Gasteiger charge is -2.30. The summed E-state index contributed by atoms with van der Waals surface area (Å²) in [6, 6.07) is 0.454. The predicted molar refractivity (Wildman–Crippen MR) is 45.2 cm³/mol. The van der Waals surface area contributed by atoms with E-state index in [1.807, 2.05) is 7.05 Å². The van der Waals surface area contributed by atoms with Crippen LogP contribution in [0.15, 0.2) is 10.3 Å². The molecule has 1 saturated carbocycles. The van der Waals surface area contributed by atoms with Crippen molar-refractivity contribution in [3.63, 3.8) is 0 Å². The summed E-state index contributed by atoms with van der Waals surface area (Å²) in [5.74, 6) is -0.883. The Hall–Kier alpha value is -1.13. The fraction of sp³-hybridized carbons (Fsp3) is 0.875. The summed E-state index contributed by atoms with van der Waals surface area (Å²) >= 11 is 0. The van der Waals surface area contributed by atoms with Crippen LogP contribution in [0, 0.1) is 5.92 Å². The Labute approximate surface area is 76.4 Å². The van der Waals surface area contributed by atoms with Gasteiger partial charge in [0.15, 0.2) is 0 Å². The van der Waals surface area contributed by atoms with E-state index in [1.54, 1.807) is 5.01 Å². The Morgan fingerprint density at radius 2 is 2.31 bits per heavy atom. The summed E-state index contributed by atoms with van der Waals surface area (Å²) in [5, 5.41) is 18.7. The first-order valence-corrected chi connectivity index (χ1v) is 4.55. The SMILES string of the molecule is CN1N=NC2CCC(C(=O)O)CC21. The van der Waals surface area contributed by atoms with Crippen LogP contribution in [0.2, 0.25) is 0 Å². The van der Waals surface area contributed by atoms with Crippen molar-refractivity contribution in [2.45, 2.75) is 31.3 Å². The molecule has 0 radical (unpaired) electrons. The van der Waals surface area contributed by atoms with Crippen LogP contribution in [-0.4, -0.2) is 35.2 Å². The zero-order chi connectivity index (χ0) is 9.42. The summed E-state index contributed by atoms with van der Waals surface area (Å²) in [6.45, 7) is 0. The first-order chi connectivity index (χ1) is 6.18. The zero-order valence-electron chi connectivity index (χ0n) is 7.55. The maximum atomic E-state index is 10.8. The maximum Gasteiger partial charge on any atom is 0.306 e. The van der Waals surface area contributed by atoms with Crippen LogP contribution in [0.5, 0.6) is 0 Å². The van der Waals surface area contributed by atoms with Crippen molar-refractivity contribution in [3.05, 3.63) is 0 Å². The first kappa shape index (κ1) is 8.47. The summed E-state index contributed by atoms with van der Waals surface area (Å²) in [5.41, 5.74) is 0. The van der Waals surface area contributed by atoms with Crippen molar-refractivity contribution >= 4 is 5.97 Å². The molecule has 3 atom stereocenters. The number of fused-ring (bicyclic) bond motifs is 1. The lowest BCUT2D eigenvalue weighted by molar-refractivity contribution is -0.143. The molecular formula is C8H13N3O2. The van der Waals surface area contributed by atoms with Crippen molar-refractivity contribution in [1.82, 2.24) is 5.01 Å². The Balaban J connectivity index is 2.04. The molecule has 2 aliphatic rings. The van der Waals surface area contributed by atoms with E-state index in [0.717, 1.165) is 12.8 Å². The Morgan fingerprint density at radius 3 is 3.00 bits per heavy atom. The minimum Gasteiger partial charge on any atom is -0.481 e. The van der Waals surface area contributed by atoms with Crippen LogP contribution in [0.3, 0.4) is 0 Å². The van der Waals surface area contributed by atoms with E-state index in [9.17, 15) is 4.79 Å². The number of hydrogen-bond donors (Lipinski definition) is 1. The standard InChI is InChI=1S/C8H13N3O2/c1-11-7-4-5(8(12)13)2-3-6(7)9-10-11/h5-7H,2-4H2,1H3,(H,12,13). The molecule has 1 aliphatic carbocycles. The molecule has 13 heavy (non-hydrogen) atoms. The largest absolute Gasteiger partial charge is 0.481 e. The maximum absolute atomic E-state index is 10.8. The van der Waals surface area contributed by atoms with Crippen LogP contribution < -0.4 is 0 Å². The molecule has 3 unspecified atom stereocenters. The molecule has 1 aliphatic heterocycles. The number of carbonyl (C=O) groups is 1. The van der Waals surface area contributed by atoms with E-state index in [4.69, 9.17) is 5.11 Å². The van der Waals surface area contributed by atoms with Gasteiger partial charge in [-0.2, -0.15) is 5.11 Å². The van der Waals surface area contributed by atoms with Gasteiger partial charge in [0.2, 0.25) is 0 Å². The van der Waals surface area contributed by atoms with E-state index >= 15 is 0 Å². The third-order valence-electron chi connectivity index (χ3n) is 2.95. The average molecular weight is 183 g/mol. The highest BCUT2D eigenvalue weighted by atomic mass is 16.4. The van der Waals surface area contributed by atoms with Crippen LogP contribution in [-0.2, 0) is 4.79 Å². The molecule has 72 valence electrons. The molecule has 0 saturated heterocycles. The van der Waals surface area contributed by atoms with E-state index in [0.29, 0.717) is 6.42 Å². The predicted octanol–water partition coefficient (Wildman–Crippen LogP) is 0.921. The molecule has 1 fully saturated rings. The minimum atomic E-state index is -0.682. The number of aliphatic carboxylic acids is 1.